The summed E-state index contributed by atoms with van der Waals surface area (Å²) in [5.41, 5.74) is 6.56. The standard InChI is InChI=1S/C57H81N5O6/c1-7-11-34-61(35-12-8-2)38-15-16-53(63)42-49-21-17-45(18-22-49)40-46-19-23-50(24-20-46)43-54(64)67-44-57(5,6)68-56(66)60-52-31-27-48(28-32-52)41-47-25-29-51(30-26-47)59-55(65)58-33-39-62(36-13-9-3)37-14-10-4/h17-32H,7-16,33-44H2,1-6H3,(H,60,66)(H2,58,59,65). The Morgan fingerprint density at radius 2 is 0.897 bits per heavy atom. The van der Waals surface area contributed by atoms with Gasteiger partial charge in [0.1, 0.15) is 18.0 Å². The van der Waals surface area contributed by atoms with E-state index in [1.165, 1.54) is 38.5 Å². The SMILES string of the molecule is CCCCN(CCCC)CCCC(=O)Cc1ccc(Cc2ccc(CC(=O)OCC(C)(C)OC(=O)Nc3ccc(Cc4ccc(NC(=O)NCCN(CCCC)CCCC)cc4)cc3)cc2)cc1. The van der Waals surface area contributed by atoms with Crippen molar-refractivity contribution in [2.45, 2.75) is 137 Å². The number of carbonyl (C=O) groups excluding carboxylic acids is 4. The molecular formula is C57H81N5O6. The van der Waals surface area contributed by atoms with E-state index in [0.717, 1.165) is 104 Å². The minimum atomic E-state index is -1.05. The predicted molar refractivity (Wildman–Crippen MR) is 278 cm³/mol. The fraction of sp³-hybridized carbons (Fsp3) is 0.509. The first kappa shape index (κ1) is 55.1. The molecule has 68 heavy (non-hydrogen) atoms. The number of anilines is 2. The van der Waals surface area contributed by atoms with Gasteiger partial charge in [-0.2, -0.15) is 0 Å². The molecule has 0 fully saturated rings. The molecule has 4 aromatic rings. The topological polar surface area (TPSA) is 129 Å². The van der Waals surface area contributed by atoms with Gasteiger partial charge in [0.15, 0.2) is 0 Å². The van der Waals surface area contributed by atoms with E-state index in [1.807, 2.05) is 72.8 Å². The van der Waals surface area contributed by atoms with Gasteiger partial charge < -0.3 is 29.9 Å². The number of hydrogen-bond acceptors (Lipinski definition) is 8. The summed E-state index contributed by atoms with van der Waals surface area (Å²) >= 11 is 0. The van der Waals surface area contributed by atoms with Crippen LogP contribution in [0.2, 0.25) is 0 Å². The largest absolute Gasteiger partial charge is 0.461 e. The predicted octanol–water partition coefficient (Wildman–Crippen LogP) is 11.8. The number of nitrogens with zero attached hydrogens (tertiary/aromatic N) is 2. The lowest BCUT2D eigenvalue weighted by molar-refractivity contribution is -0.149. The molecule has 0 saturated carbocycles. The van der Waals surface area contributed by atoms with Gasteiger partial charge >= 0.3 is 18.1 Å². The number of rotatable bonds is 32. The number of unbranched alkanes of at least 4 members (excludes halogenated alkanes) is 4. The van der Waals surface area contributed by atoms with Crippen molar-refractivity contribution in [2.75, 3.05) is 63.1 Å². The molecule has 0 aromatic heterocycles. The Morgan fingerprint density at radius 1 is 0.500 bits per heavy atom. The lowest BCUT2D eigenvalue weighted by Gasteiger charge is -2.24. The average Bonchev–Trinajstić information content (AvgIpc) is 3.32. The van der Waals surface area contributed by atoms with Gasteiger partial charge in [-0.3, -0.25) is 14.9 Å². The second-order valence-corrected chi connectivity index (χ2v) is 18.8. The van der Waals surface area contributed by atoms with Crippen molar-refractivity contribution < 1.29 is 28.7 Å². The van der Waals surface area contributed by atoms with Crippen molar-refractivity contribution in [1.82, 2.24) is 15.1 Å². The van der Waals surface area contributed by atoms with Gasteiger partial charge in [0.2, 0.25) is 0 Å². The zero-order valence-electron chi connectivity index (χ0n) is 42.1. The fourth-order valence-electron chi connectivity index (χ4n) is 7.85. The molecular weight excluding hydrogens is 851 g/mol. The number of urea groups is 1. The van der Waals surface area contributed by atoms with Gasteiger partial charge in [-0.15, -0.1) is 0 Å². The maximum absolute atomic E-state index is 12.8. The Balaban J connectivity index is 1.11. The molecule has 0 radical (unpaired) electrons. The number of benzene rings is 4. The molecule has 4 rings (SSSR count). The Hall–Kier alpha value is -5.52. The number of carbonyl (C=O) groups is 4. The Bertz CT molecular complexity index is 2050. The summed E-state index contributed by atoms with van der Waals surface area (Å²) in [5.74, 6) is -0.112. The smallest absolute Gasteiger partial charge is 0.412 e. The molecule has 4 aromatic carbocycles. The van der Waals surface area contributed by atoms with Crippen LogP contribution in [-0.4, -0.2) is 91.7 Å². The molecule has 3 N–H and O–H groups in total. The number of ketones is 1. The molecule has 11 nitrogen and oxygen atoms in total. The van der Waals surface area contributed by atoms with E-state index in [1.54, 1.807) is 13.8 Å². The highest BCUT2D eigenvalue weighted by atomic mass is 16.6. The molecule has 3 amide bonds. The van der Waals surface area contributed by atoms with Crippen molar-refractivity contribution in [3.63, 3.8) is 0 Å². The lowest BCUT2D eigenvalue weighted by atomic mass is 9.99. The van der Waals surface area contributed by atoms with Gasteiger partial charge in [0.25, 0.3) is 0 Å². The normalized spacial score (nSPS) is 11.4. The molecule has 0 bridgehead atoms. The third-order valence-corrected chi connectivity index (χ3v) is 11.9. The van der Waals surface area contributed by atoms with Crippen LogP contribution in [0.1, 0.15) is 139 Å². The van der Waals surface area contributed by atoms with Gasteiger partial charge in [0, 0.05) is 37.3 Å². The van der Waals surface area contributed by atoms with E-state index in [0.29, 0.717) is 37.3 Å². The van der Waals surface area contributed by atoms with Crippen LogP contribution in [0.3, 0.4) is 0 Å². The van der Waals surface area contributed by atoms with Crippen LogP contribution in [0.15, 0.2) is 97.1 Å². The summed E-state index contributed by atoms with van der Waals surface area (Å²) in [4.78, 5) is 55.8. The molecule has 370 valence electrons. The van der Waals surface area contributed by atoms with Crippen LogP contribution in [0, 0.1) is 0 Å². The average molecular weight is 932 g/mol. The van der Waals surface area contributed by atoms with E-state index in [2.05, 4.69) is 77.7 Å². The van der Waals surface area contributed by atoms with Crippen LogP contribution >= 0.6 is 0 Å². The van der Waals surface area contributed by atoms with Crippen LogP contribution < -0.4 is 16.0 Å². The minimum absolute atomic E-state index is 0.0927. The van der Waals surface area contributed by atoms with Crippen molar-refractivity contribution in [2.24, 2.45) is 0 Å². The summed E-state index contributed by atoms with van der Waals surface area (Å²) in [6.45, 7) is 19.0. The zero-order chi connectivity index (χ0) is 49.0. The Kier molecular flexibility index (Phi) is 24.9. The van der Waals surface area contributed by atoms with Crippen molar-refractivity contribution in [3.05, 3.63) is 130 Å². The van der Waals surface area contributed by atoms with E-state index in [4.69, 9.17) is 9.47 Å². The zero-order valence-corrected chi connectivity index (χ0v) is 42.1. The van der Waals surface area contributed by atoms with Crippen LogP contribution in [0.5, 0.6) is 0 Å². The summed E-state index contributed by atoms with van der Waals surface area (Å²) in [6, 6.07) is 31.3. The summed E-state index contributed by atoms with van der Waals surface area (Å²) in [5, 5.41) is 8.68. The fourth-order valence-corrected chi connectivity index (χ4v) is 7.85. The van der Waals surface area contributed by atoms with Crippen molar-refractivity contribution in [1.29, 1.82) is 0 Å². The Morgan fingerprint density at radius 3 is 1.37 bits per heavy atom. The van der Waals surface area contributed by atoms with Crippen molar-refractivity contribution >= 4 is 35.3 Å². The number of amides is 3. The Labute approximate surface area is 408 Å². The van der Waals surface area contributed by atoms with E-state index < -0.39 is 17.7 Å². The number of hydrogen-bond donors (Lipinski definition) is 3. The first-order chi connectivity index (χ1) is 32.9. The van der Waals surface area contributed by atoms with E-state index in [9.17, 15) is 19.2 Å². The summed E-state index contributed by atoms with van der Waals surface area (Å²) in [6.07, 6.45) is 12.4. The molecule has 0 unspecified atom stereocenters. The second kappa shape index (κ2) is 30.8. The summed E-state index contributed by atoms with van der Waals surface area (Å²) < 4.78 is 11.2. The first-order valence-corrected chi connectivity index (χ1v) is 25.4. The van der Waals surface area contributed by atoms with Crippen LogP contribution in [-0.2, 0) is 44.7 Å². The maximum atomic E-state index is 12.8. The van der Waals surface area contributed by atoms with E-state index in [-0.39, 0.29) is 19.1 Å². The molecule has 0 saturated heterocycles. The number of Topliss-reactive ketones (excluding diaryl/α,β-unsaturated/α-hetero) is 1. The third kappa shape index (κ3) is 22.5. The van der Waals surface area contributed by atoms with E-state index >= 15 is 0 Å². The molecule has 0 aliphatic carbocycles. The second-order valence-electron chi connectivity index (χ2n) is 18.8. The summed E-state index contributed by atoms with van der Waals surface area (Å²) in [7, 11) is 0. The molecule has 0 aliphatic rings. The van der Waals surface area contributed by atoms with Crippen LogP contribution in [0.25, 0.3) is 0 Å². The molecule has 0 atom stereocenters. The highest BCUT2D eigenvalue weighted by Crippen LogP contribution is 2.19. The molecule has 11 heteroatoms. The van der Waals surface area contributed by atoms with Gasteiger partial charge in [-0.05, 0) is 149 Å². The molecule has 0 spiro atoms. The minimum Gasteiger partial charge on any atom is -0.461 e. The molecule has 0 heterocycles. The lowest BCUT2D eigenvalue weighted by Crippen LogP contribution is -2.37. The third-order valence-electron chi connectivity index (χ3n) is 11.9. The highest BCUT2D eigenvalue weighted by Gasteiger charge is 2.25. The number of esters is 1. The van der Waals surface area contributed by atoms with Crippen molar-refractivity contribution in [3.8, 4) is 0 Å². The van der Waals surface area contributed by atoms with Gasteiger partial charge in [-0.1, -0.05) is 126 Å². The number of ether oxygens (including phenoxy) is 2. The molecule has 0 aliphatic heterocycles. The van der Waals surface area contributed by atoms with Gasteiger partial charge in [0.05, 0.1) is 6.42 Å². The highest BCUT2D eigenvalue weighted by molar-refractivity contribution is 5.89. The quantitative estimate of drug-likeness (QED) is 0.0413. The number of nitrogens with one attached hydrogen (secondary N) is 3. The van der Waals surface area contributed by atoms with Gasteiger partial charge in [-0.25, -0.2) is 9.59 Å². The van der Waals surface area contributed by atoms with Crippen LogP contribution in [0.4, 0.5) is 21.0 Å². The first-order valence-electron chi connectivity index (χ1n) is 25.4. The maximum Gasteiger partial charge on any atom is 0.412 e. The monoisotopic (exact) mass is 932 g/mol.